The van der Waals surface area contributed by atoms with E-state index in [4.69, 9.17) is 19.3 Å². The van der Waals surface area contributed by atoms with Crippen molar-refractivity contribution < 1.29 is 44.2 Å². The summed E-state index contributed by atoms with van der Waals surface area (Å²) in [6.07, 6.45) is -8.65. The molecule has 136 valence electrons. The van der Waals surface area contributed by atoms with Gasteiger partial charge in [0.15, 0.2) is 23.2 Å². The van der Waals surface area contributed by atoms with Crippen molar-refractivity contribution in [1.29, 1.82) is 0 Å². The van der Waals surface area contributed by atoms with Gasteiger partial charge in [-0.2, -0.15) is 0 Å². The maximum atomic E-state index is 12.3. The lowest BCUT2D eigenvalue weighted by atomic mass is 9.99. The number of ether oxygens (including phenoxy) is 3. The highest BCUT2D eigenvalue weighted by Gasteiger charge is 2.49. The topological polar surface area (TPSA) is 143 Å². The van der Waals surface area contributed by atoms with Crippen molar-refractivity contribution in [2.75, 3.05) is 0 Å². The van der Waals surface area contributed by atoms with Crippen LogP contribution < -0.4 is 9.47 Å². The highest BCUT2D eigenvalue weighted by atomic mass is 16.7. The Morgan fingerprint density at radius 2 is 1.84 bits per heavy atom. The van der Waals surface area contributed by atoms with Crippen molar-refractivity contribution in [3.8, 4) is 11.5 Å². The van der Waals surface area contributed by atoms with Crippen molar-refractivity contribution in [3.63, 3.8) is 0 Å². The summed E-state index contributed by atoms with van der Waals surface area (Å²) in [4.78, 5) is 23.4. The van der Waals surface area contributed by atoms with Crippen LogP contribution in [-0.2, 0) is 9.53 Å². The molecule has 2 heterocycles. The molecule has 2 aliphatic rings. The summed E-state index contributed by atoms with van der Waals surface area (Å²) in [7, 11) is 0. The summed E-state index contributed by atoms with van der Waals surface area (Å²) < 4.78 is 16.1. The summed E-state index contributed by atoms with van der Waals surface area (Å²) >= 11 is 0. The summed E-state index contributed by atoms with van der Waals surface area (Å²) in [5.74, 6) is -1.58. The third kappa shape index (κ3) is 2.85. The normalized spacial score (nSPS) is 33.5. The number of carbonyl (C=O) groups excluding carboxylic acids is 1. The molecule has 3 rings (SSSR count). The molecule has 0 saturated carbocycles. The Morgan fingerprint density at radius 3 is 2.48 bits per heavy atom. The maximum absolute atomic E-state index is 12.3. The minimum atomic E-state index is -1.81. The fraction of sp³-hybridized carbons (Fsp3) is 0.500. The smallest absolute Gasteiger partial charge is 0.335 e. The van der Waals surface area contributed by atoms with Crippen LogP contribution in [0, 0.1) is 0 Å². The zero-order valence-corrected chi connectivity index (χ0v) is 13.4. The molecule has 5 unspecified atom stereocenters. The van der Waals surface area contributed by atoms with Gasteiger partial charge in [-0.15, -0.1) is 0 Å². The van der Waals surface area contributed by atoms with E-state index >= 15 is 0 Å². The molecule has 25 heavy (non-hydrogen) atoms. The molecule has 5 atom stereocenters. The Kier molecular flexibility index (Phi) is 4.20. The van der Waals surface area contributed by atoms with Crippen LogP contribution in [-0.4, -0.2) is 68.5 Å². The van der Waals surface area contributed by atoms with Crippen LogP contribution in [0.5, 0.6) is 11.5 Å². The molecule has 1 aromatic carbocycles. The number of fused-ring (bicyclic) bond motifs is 1. The second-order valence-corrected chi connectivity index (χ2v) is 6.43. The van der Waals surface area contributed by atoms with Crippen molar-refractivity contribution in [2.24, 2.45) is 0 Å². The van der Waals surface area contributed by atoms with Crippen LogP contribution in [0.1, 0.15) is 24.2 Å². The largest absolute Gasteiger partial charge is 0.479 e. The van der Waals surface area contributed by atoms with E-state index in [9.17, 15) is 24.9 Å². The van der Waals surface area contributed by atoms with Gasteiger partial charge in [0.25, 0.3) is 0 Å². The molecule has 1 fully saturated rings. The summed E-state index contributed by atoms with van der Waals surface area (Å²) in [5, 5.41) is 38.6. The van der Waals surface area contributed by atoms with Gasteiger partial charge in [-0.05, 0) is 26.0 Å². The van der Waals surface area contributed by atoms with Gasteiger partial charge in [0, 0.05) is 0 Å². The number of ketones is 1. The van der Waals surface area contributed by atoms with E-state index in [1.807, 2.05) is 0 Å². The number of carbonyl (C=O) groups is 2. The van der Waals surface area contributed by atoms with E-state index in [2.05, 4.69) is 0 Å². The lowest BCUT2D eigenvalue weighted by molar-refractivity contribution is -0.271. The molecule has 1 aromatic rings. The van der Waals surface area contributed by atoms with Crippen molar-refractivity contribution >= 4 is 11.8 Å². The molecule has 0 spiro atoms. The van der Waals surface area contributed by atoms with Crippen molar-refractivity contribution in [2.45, 2.75) is 50.2 Å². The zero-order valence-electron chi connectivity index (χ0n) is 13.4. The average Bonchev–Trinajstić information content (AvgIpc) is 2.78. The summed E-state index contributed by atoms with van der Waals surface area (Å²) in [6.45, 7) is 3.18. The maximum Gasteiger partial charge on any atom is 0.335 e. The molecule has 9 nitrogen and oxygen atoms in total. The minimum absolute atomic E-state index is 0.0493. The lowest BCUT2D eigenvalue weighted by Gasteiger charge is -2.38. The Balaban J connectivity index is 1.89. The Labute approximate surface area is 142 Å². The zero-order chi connectivity index (χ0) is 18.5. The predicted octanol–water partition coefficient (Wildman–Crippen LogP) is -0.689. The second-order valence-electron chi connectivity index (χ2n) is 6.43. The Bertz CT molecular complexity index is 714. The number of carboxylic acid groups (broad SMARTS) is 1. The fourth-order valence-electron chi connectivity index (χ4n) is 2.79. The summed E-state index contributed by atoms with van der Waals surface area (Å²) in [6, 6.07) is 4.54. The van der Waals surface area contributed by atoms with Crippen LogP contribution in [0.3, 0.4) is 0 Å². The first kappa shape index (κ1) is 17.6. The Hall–Kier alpha value is -2.20. The number of aliphatic carboxylic acids is 1. The molecule has 1 saturated heterocycles. The van der Waals surface area contributed by atoms with Crippen LogP contribution >= 0.6 is 0 Å². The van der Waals surface area contributed by atoms with E-state index in [-0.39, 0.29) is 22.8 Å². The van der Waals surface area contributed by atoms with E-state index in [0.717, 1.165) is 0 Å². The number of carboxylic acids is 1. The molecule has 0 radical (unpaired) electrons. The first-order valence-electron chi connectivity index (χ1n) is 7.59. The van der Waals surface area contributed by atoms with Crippen molar-refractivity contribution in [3.05, 3.63) is 23.8 Å². The molecule has 2 aliphatic heterocycles. The van der Waals surface area contributed by atoms with E-state index in [1.54, 1.807) is 19.9 Å². The number of hydrogen-bond donors (Lipinski definition) is 4. The van der Waals surface area contributed by atoms with Gasteiger partial charge in [0.1, 0.15) is 18.3 Å². The van der Waals surface area contributed by atoms with Crippen LogP contribution in [0.25, 0.3) is 0 Å². The third-order valence-corrected chi connectivity index (χ3v) is 4.18. The number of hydrogen-bond acceptors (Lipinski definition) is 8. The quantitative estimate of drug-likeness (QED) is 0.554. The number of para-hydroxylation sites is 1. The lowest BCUT2D eigenvalue weighted by Crippen LogP contribution is -2.61. The molecule has 0 aromatic heterocycles. The highest BCUT2D eigenvalue weighted by Crippen LogP contribution is 2.42. The summed E-state index contributed by atoms with van der Waals surface area (Å²) in [5.41, 5.74) is -0.809. The molecule has 0 aliphatic carbocycles. The van der Waals surface area contributed by atoms with E-state index in [0.29, 0.717) is 0 Å². The third-order valence-electron chi connectivity index (χ3n) is 4.18. The van der Waals surface area contributed by atoms with Gasteiger partial charge < -0.3 is 34.6 Å². The second kappa shape index (κ2) is 5.95. The van der Waals surface area contributed by atoms with Crippen molar-refractivity contribution in [1.82, 2.24) is 0 Å². The highest BCUT2D eigenvalue weighted by molar-refractivity contribution is 6.07. The standard InChI is InChI=1S/C16H18O9/c1-16(2)13(20)6-4-3-5-7(11(6)25-16)23-15-10(19)8(17)9(18)12(24-15)14(21)22/h3-5,8-10,12,15,17-19H,1-2H3,(H,21,22). The van der Waals surface area contributed by atoms with E-state index in [1.165, 1.54) is 12.1 Å². The first-order valence-corrected chi connectivity index (χ1v) is 7.59. The van der Waals surface area contributed by atoms with Gasteiger partial charge in [-0.25, -0.2) is 4.79 Å². The number of benzene rings is 1. The van der Waals surface area contributed by atoms with Gasteiger partial charge in [0.2, 0.25) is 12.1 Å². The number of Topliss-reactive ketones (excluding diaryl/α,β-unsaturated/α-hetero) is 1. The van der Waals surface area contributed by atoms with E-state index < -0.39 is 42.3 Å². The van der Waals surface area contributed by atoms with Gasteiger partial charge >= 0.3 is 5.97 Å². The molecular formula is C16H18O9. The van der Waals surface area contributed by atoms with Gasteiger partial charge in [-0.3, -0.25) is 4.79 Å². The molecule has 0 amide bonds. The molecule has 9 heteroatoms. The fourth-order valence-corrected chi connectivity index (χ4v) is 2.79. The van der Waals surface area contributed by atoms with Crippen LogP contribution in [0.4, 0.5) is 0 Å². The molecule has 0 bridgehead atoms. The molecule has 4 N–H and O–H groups in total. The SMILES string of the molecule is CC1(C)Oc2c(OC3OC(C(=O)O)C(O)C(O)C3O)cccc2C1=O. The number of rotatable bonds is 3. The van der Waals surface area contributed by atoms with Crippen LogP contribution in [0.15, 0.2) is 18.2 Å². The minimum Gasteiger partial charge on any atom is -0.479 e. The number of aliphatic hydroxyl groups is 3. The van der Waals surface area contributed by atoms with Gasteiger partial charge in [0.05, 0.1) is 5.56 Å². The molecular weight excluding hydrogens is 336 g/mol. The predicted molar refractivity (Wildman–Crippen MR) is 80.4 cm³/mol. The Morgan fingerprint density at radius 1 is 1.16 bits per heavy atom. The van der Waals surface area contributed by atoms with Gasteiger partial charge in [-0.1, -0.05) is 6.07 Å². The average molecular weight is 354 g/mol. The number of aliphatic hydroxyl groups excluding tert-OH is 3. The monoisotopic (exact) mass is 354 g/mol. The first-order chi connectivity index (χ1) is 11.6. The van der Waals surface area contributed by atoms with Crippen LogP contribution in [0.2, 0.25) is 0 Å².